The van der Waals surface area contributed by atoms with Crippen LogP contribution in [0.1, 0.15) is 11.1 Å². The molecule has 0 aliphatic rings. The number of benzene rings is 1. The highest BCUT2D eigenvalue weighted by Gasteiger charge is 2.09. The highest BCUT2D eigenvalue weighted by molar-refractivity contribution is 14.1. The molecule has 8 heteroatoms. The summed E-state index contributed by atoms with van der Waals surface area (Å²) < 4.78 is 2.52. The Morgan fingerprint density at radius 2 is 2.04 bits per heavy atom. The molecule has 0 spiro atoms. The van der Waals surface area contributed by atoms with Crippen molar-refractivity contribution >= 4 is 50.9 Å². The van der Waals surface area contributed by atoms with Crippen molar-refractivity contribution in [2.24, 2.45) is 4.99 Å². The zero-order valence-electron chi connectivity index (χ0n) is 14.4. The van der Waals surface area contributed by atoms with E-state index in [1.54, 1.807) is 22.9 Å². The van der Waals surface area contributed by atoms with E-state index in [-0.39, 0.29) is 23.5 Å². The van der Waals surface area contributed by atoms with Crippen LogP contribution in [0.4, 0.5) is 0 Å². The van der Waals surface area contributed by atoms with Gasteiger partial charge in [0.2, 0.25) is 5.88 Å². The maximum atomic E-state index is 12.3. The summed E-state index contributed by atoms with van der Waals surface area (Å²) in [5.74, 6) is -0.226. The molecule has 0 atom stereocenters. The number of aromatic nitrogens is 2. The number of hydrogen-bond donors (Lipinski definition) is 2. The number of hydrogen-bond acceptors (Lipinski definition) is 5. The van der Waals surface area contributed by atoms with Gasteiger partial charge >= 0.3 is 0 Å². The number of fused-ring (bicyclic) bond motifs is 1. The second kappa shape index (κ2) is 7.72. The van der Waals surface area contributed by atoms with Gasteiger partial charge in [-0.3, -0.25) is 24.1 Å². The van der Waals surface area contributed by atoms with Crippen LogP contribution in [-0.4, -0.2) is 20.9 Å². The Bertz CT molecular complexity index is 1310. The number of aromatic amines is 1. The van der Waals surface area contributed by atoms with E-state index in [1.165, 1.54) is 17.6 Å². The fraction of sp³-hybridized carbons (Fsp3) is 0.0500. The lowest BCUT2D eigenvalue weighted by Gasteiger charge is -2.06. The van der Waals surface area contributed by atoms with Crippen LogP contribution in [-0.2, 0) is 6.54 Å². The van der Waals surface area contributed by atoms with Gasteiger partial charge in [0.05, 0.1) is 17.8 Å². The highest BCUT2D eigenvalue weighted by atomic mass is 127. The molecule has 0 amide bonds. The third-order valence-electron chi connectivity index (χ3n) is 4.27. The molecule has 0 bridgehead atoms. The minimum atomic E-state index is -0.349. The van der Waals surface area contributed by atoms with Gasteiger partial charge in [0.1, 0.15) is 0 Å². The summed E-state index contributed by atoms with van der Waals surface area (Å²) in [5.41, 5.74) is 1.57. The number of nitrogens with one attached hydrogen (secondary N) is 1. The van der Waals surface area contributed by atoms with Crippen molar-refractivity contribution in [2.75, 3.05) is 0 Å². The minimum absolute atomic E-state index is 0.127. The number of aliphatic imine (C=N–C) groups is 1. The van der Waals surface area contributed by atoms with E-state index < -0.39 is 0 Å². The Hall–Kier alpha value is -2.72. The number of halogens is 1. The molecule has 0 radical (unpaired) electrons. The molecule has 3 aromatic heterocycles. The van der Waals surface area contributed by atoms with Crippen molar-refractivity contribution < 1.29 is 5.11 Å². The van der Waals surface area contributed by atoms with Gasteiger partial charge in [0, 0.05) is 38.2 Å². The van der Waals surface area contributed by atoms with Crippen LogP contribution in [0.2, 0.25) is 0 Å². The number of pyridine rings is 2. The first-order valence-corrected chi connectivity index (χ1v) is 10.3. The van der Waals surface area contributed by atoms with Crippen molar-refractivity contribution in [1.29, 1.82) is 0 Å². The van der Waals surface area contributed by atoms with Gasteiger partial charge < -0.3 is 5.11 Å². The summed E-state index contributed by atoms with van der Waals surface area (Å²) >= 11 is 3.68. The number of aromatic hydroxyl groups is 1. The van der Waals surface area contributed by atoms with Crippen LogP contribution in [0.15, 0.2) is 67.9 Å². The largest absolute Gasteiger partial charge is 0.494 e. The molecule has 0 saturated carbocycles. The first-order chi connectivity index (χ1) is 13.5. The Balaban J connectivity index is 1.64. The van der Waals surface area contributed by atoms with Gasteiger partial charge in [0.25, 0.3) is 11.1 Å². The highest BCUT2D eigenvalue weighted by Crippen LogP contribution is 2.22. The first kappa shape index (κ1) is 18.6. The van der Waals surface area contributed by atoms with Crippen LogP contribution < -0.4 is 11.1 Å². The quantitative estimate of drug-likeness (QED) is 0.329. The molecule has 4 aromatic rings. The smallest absolute Gasteiger partial charge is 0.258 e. The summed E-state index contributed by atoms with van der Waals surface area (Å²) in [5, 5.41) is 15.1. The molecule has 3 heterocycles. The van der Waals surface area contributed by atoms with Crippen molar-refractivity contribution in [3.8, 4) is 11.6 Å². The van der Waals surface area contributed by atoms with Crippen molar-refractivity contribution in [1.82, 2.24) is 9.55 Å². The topological polar surface area (TPSA) is 87.4 Å². The fourth-order valence-electron chi connectivity index (χ4n) is 2.91. The van der Waals surface area contributed by atoms with Crippen LogP contribution >= 0.6 is 33.9 Å². The van der Waals surface area contributed by atoms with Gasteiger partial charge in [-0.2, -0.15) is 11.3 Å². The number of thiophene rings is 1. The monoisotopic (exact) mass is 503 g/mol. The average molecular weight is 503 g/mol. The van der Waals surface area contributed by atoms with Gasteiger partial charge in [0.15, 0.2) is 0 Å². The van der Waals surface area contributed by atoms with Gasteiger partial charge in [-0.15, -0.1) is 0 Å². The summed E-state index contributed by atoms with van der Waals surface area (Å²) in [4.78, 5) is 31.1. The molecule has 0 aliphatic carbocycles. The number of rotatable bonds is 4. The summed E-state index contributed by atoms with van der Waals surface area (Å²) in [7, 11) is 0. The first-order valence-electron chi connectivity index (χ1n) is 8.31. The van der Waals surface area contributed by atoms with Gasteiger partial charge in [-0.05, 0) is 63.9 Å². The van der Waals surface area contributed by atoms with E-state index in [9.17, 15) is 14.7 Å². The summed E-state index contributed by atoms with van der Waals surface area (Å²) in [6, 6.07) is 10.6. The van der Waals surface area contributed by atoms with E-state index in [1.807, 2.05) is 35.0 Å². The SMILES string of the molecule is O=c1[nH]c(O)c(C=NCc2ccn(-c3ccsc3)c(=O)c2)c2cc(I)ccc12. The maximum absolute atomic E-state index is 12.3. The minimum Gasteiger partial charge on any atom is -0.494 e. The molecule has 6 nitrogen and oxygen atoms in total. The molecule has 28 heavy (non-hydrogen) atoms. The van der Waals surface area contributed by atoms with Crippen molar-refractivity contribution in [3.05, 3.63) is 88.8 Å². The van der Waals surface area contributed by atoms with E-state index in [4.69, 9.17) is 0 Å². The predicted molar refractivity (Wildman–Crippen MR) is 120 cm³/mol. The van der Waals surface area contributed by atoms with Gasteiger partial charge in [-0.1, -0.05) is 0 Å². The molecule has 0 unspecified atom stereocenters. The van der Waals surface area contributed by atoms with E-state index in [0.717, 1.165) is 14.8 Å². The molecule has 0 fully saturated rings. The molecule has 1 aromatic carbocycles. The van der Waals surface area contributed by atoms with Gasteiger partial charge in [-0.25, -0.2) is 0 Å². The normalized spacial score (nSPS) is 11.5. The zero-order chi connectivity index (χ0) is 19.7. The molecule has 0 saturated heterocycles. The van der Waals surface area contributed by atoms with E-state index in [0.29, 0.717) is 16.3 Å². The van der Waals surface area contributed by atoms with Crippen molar-refractivity contribution in [3.63, 3.8) is 0 Å². The van der Waals surface area contributed by atoms with Crippen molar-refractivity contribution in [2.45, 2.75) is 6.54 Å². The Morgan fingerprint density at radius 1 is 1.18 bits per heavy atom. The summed E-state index contributed by atoms with van der Waals surface area (Å²) in [6.07, 6.45) is 3.25. The van der Waals surface area contributed by atoms with Crippen LogP contribution in [0.5, 0.6) is 5.88 Å². The lowest BCUT2D eigenvalue weighted by atomic mass is 10.1. The molecular formula is C20H14IN3O3S. The number of H-pyrrole nitrogens is 1. The molecule has 140 valence electrons. The lowest BCUT2D eigenvalue weighted by Crippen LogP contribution is -2.16. The average Bonchev–Trinajstić information content (AvgIpc) is 3.18. The molecule has 2 N–H and O–H groups in total. The lowest BCUT2D eigenvalue weighted by molar-refractivity contribution is 0.452. The van der Waals surface area contributed by atoms with Crippen LogP contribution in [0.25, 0.3) is 16.5 Å². The standard InChI is InChI=1S/C20H14IN3O3S/c21-13-1-2-15-16(8-13)17(20(27)23-19(15)26)10-22-9-12-3-5-24(18(25)7-12)14-4-6-28-11-14/h1-8,10-11H,9H2,(H2,23,26,27). The van der Waals surface area contributed by atoms with Crippen LogP contribution in [0, 0.1) is 3.57 Å². The molecule has 4 rings (SSSR count). The van der Waals surface area contributed by atoms with E-state index in [2.05, 4.69) is 32.6 Å². The molecular weight excluding hydrogens is 489 g/mol. The Kier molecular flexibility index (Phi) is 5.14. The Morgan fingerprint density at radius 3 is 2.79 bits per heavy atom. The molecule has 0 aliphatic heterocycles. The Labute approximate surface area is 177 Å². The summed E-state index contributed by atoms with van der Waals surface area (Å²) in [6.45, 7) is 0.281. The third-order valence-corrected chi connectivity index (χ3v) is 5.61. The predicted octanol–water partition coefficient (Wildman–Crippen LogP) is 3.67. The third kappa shape index (κ3) is 3.65. The maximum Gasteiger partial charge on any atom is 0.258 e. The zero-order valence-corrected chi connectivity index (χ0v) is 17.4. The second-order valence-electron chi connectivity index (χ2n) is 6.10. The number of nitrogens with zero attached hydrogens (tertiary/aromatic N) is 2. The van der Waals surface area contributed by atoms with E-state index >= 15 is 0 Å². The van der Waals surface area contributed by atoms with Crippen LogP contribution in [0.3, 0.4) is 0 Å². The second-order valence-corrected chi connectivity index (χ2v) is 8.13. The fourth-order valence-corrected chi connectivity index (χ4v) is 4.03.